The molecule has 1 aliphatic heterocycles. The number of carbonyl (C=O) groups is 1. The van der Waals surface area contributed by atoms with E-state index in [9.17, 15) is 31.9 Å². The molecule has 1 rings (SSSR count). The summed E-state index contributed by atoms with van der Waals surface area (Å²) in [5.41, 5.74) is -5.67. The van der Waals surface area contributed by atoms with Crippen molar-refractivity contribution in [3.05, 3.63) is 0 Å². The molecule has 0 aromatic heterocycles. The highest BCUT2D eigenvalue weighted by molar-refractivity contribution is 5.76. The minimum Gasteiger partial charge on any atom is -0.459 e. The molecule has 1 aliphatic rings. The van der Waals surface area contributed by atoms with Gasteiger partial charge in [-0.1, -0.05) is 6.92 Å². The van der Waals surface area contributed by atoms with Crippen LogP contribution in [0.5, 0.6) is 0 Å². The monoisotopic (exact) mass is 350 g/mol. The molecule has 0 bridgehead atoms. The number of aliphatic hydroxyl groups is 1. The average Bonchev–Trinajstić information content (AvgIpc) is 2.40. The van der Waals surface area contributed by atoms with Crippen molar-refractivity contribution >= 4 is 5.97 Å². The number of hydrogen-bond acceptors (Lipinski definition) is 5. The Morgan fingerprint density at radius 2 is 1.91 bits per heavy atom. The second-order valence-electron chi connectivity index (χ2n) is 5.98. The van der Waals surface area contributed by atoms with Crippen LogP contribution in [0.1, 0.15) is 34.1 Å². The van der Waals surface area contributed by atoms with E-state index in [1.807, 2.05) is 0 Å². The van der Waals surface area contributed by atoms with Crippen LogP contribution in [0.3, 0.4) is 0 Å². The summed E-state index contributed by atoms with van der Waals surface area (Å²) in [7, 11) is 0. The third kappa shape index (κ3) is 3.43. The molecule has 3 atom stereocenters. The molecule has 136 valence electrons. The van der Waals surface area contributed by atoms with Crippen LogP contribution in [-0.2, 0) is 19.0 Å². The van der Waals surface area contributed by atoms with Gasteiger partial charge in [0, 0.05) is 0 Å². The fourth-order valence-corrected chi connectivity index (χ4v) is 1.91. The van der Waals surface area contributed by atoms with Gasteiger partial charge in [0.2, 0.25) is 0 Å². The van der Waals surface area contributed by atoms with Crippen LogP contribution in [0, 0.1) is 5.41 Å². The summed E-state index contributed by atoms with van der Waals surface area (Å²) >= 11 is 0. The molecular formula is C13H19F5O5. The second-order valence-corrected chi connectivity index (χ2v) is 5.98. The van der Waals surface area contributed by atoms with Crippen LogP contribution < -0.4 is 0 Å². The summed E-state index contributed by atoms with van der Waals surface area (Å²) < 4.78 is 79.2. The van der Waals surface area contributed by atoms with E-state index in [4.69, 9.17) is 4.74 Å². The third-order valence-electron chi connectivity index (χ3n) is 3.93. The first kappa shape index (κ1) is 20.0. The molecule has 3 unspecified atom stereocenters. The summed E-state index contributed by atoms with van der Waals surface area (Å²) in [6.07, 6.45) is -14.7. The van der Waals surface area contributed by atoms with Crippen molar-refractivity contribution in [2.45, 2.75) is 64.2 Å². The number of esters is 1. The predicted molar refractivity (Wildman–Crippen MR) is 66.4 cm³/mol. The highest BCUT2D eigenvalue weighted by Gasteiger charge is 2.77. The molecule has 0 spiro atoms. The summed E-state index contributed by atoms with van der Waals surface area (Å²) in [5.74, 6) is -0.893. The Morgan fingerprint density at radius 1 is 1.39 bits per heavy atom. The molecule has 1 fully saturated rings. The maximum Gasteiger partial charge on any atom is 0.428 e. The summed E-state index contributed by atoms with van der Waals surface area (Å²) in [6, 6.07) is 0. The number of alkyl halides is 5. The van der Waals surface area contributed by atoms with E-state index in [0.717, 1.165) is 6.92 Å². The Labute approximate surface area is 129 Å². The van der Waals surface area contributed by atoms with E-state index in [1.165, 1.54) is 13.8 Å². The van der Waals surface area contributed by atoms with Crippen LogP contribution >= 0.6 is 0 Å². The van der Waals surface area contributed by atoms with Gasteiger partial charge < -0.3 is 14.6 Å². The van der Waals surface area contributed by atoms with Crippen molar-refractivity contribution in [1.82, 2.24) is 0 Å². The van der Waals surface area contributed by atoms with Gasteiger partial charge in [-0.15, -0.1) is 0 Å². The van der Waals surface area contributed by atoms with Crippen LogP contribution in [-0.4, -0.2) is 48.0 Å². The molecule has 1 saturated heterocycles. The highest BCUT2D eigenvalue weighted by atomic mass is 19.4. The molecule has 0 saturated carbocycles. The van der Waals surface area contributed by atoms with Crippen molar-refractivity contribution in [3.63, 3.8) is 0 Å². The van der Waals surface area contributed by atoms with Gasteiger partial charge in [0.25, 0.3) is 5.60 Å². The zero-order chi connectivity index (χ0) is 18.3. The molecule has 0 aromatic carbocycles. The Kier molecular flexibility index (Phi) is 5.35. The van der Waals surface area contributed by atoms with E-state index in [-0.39, 0.29) is 0 Å². The maximum atomic E-state index is 13.6. The summed E-state index contributed by atoms with van der Waals surface area (Å²) in [6.45, 7) is 4.37. The fourth-order valence-electron chi connectivity index (χ4n) is 1.91. The van der Waals surface area contributed by atoms with Crippen LogP contribution in [0.2, 0.25) is 0 Å². The zero-order valence-corrected chi connectivity index (χ0v) is 13.0. The molecule has 0 amide bonds. The minimum atomic E-state index is -5.78. The Balaban J connectivity index is 3.11. The van der Waals surface area contributed by atoms with Crippen molar-refractivity contribution in [2.75, 3.05) is 6.79 Å². The Bertz CT molecular complexity index is 451. The quantitative estimate of drug-likeness (QED) is 0.624. The lowest BCUT2D eigenvalue weighted by atomic mass is 9.88. The van der Waals surface area contributed by atoms with Crippen molar-refractivity contribution < 1.29 is 46.1 Å². The van der Waals surface area contributed by atoms with E-state index in [1.54, 1.807) is 6.92 Å². The van der Waals surface area contributed by atoms with Crippen LogP contribution in [0.25, 0.3) is 0 Å². The van der Waals surface area contributed by atoms with Gasteiger partial charge in [0.05, 0.1) is 5.41 Å². The number of carbonyl (C=O) groups excluding carboxylic acids is 1. The van der Waals surface area contributed by atoms with Gasteiger partial charge in [-0.05, 0) is 27.2 Å². The predicted octanol–water partition coefficient (Wildman–Crippen LogP) is 2.61. The first-order valence-electron chi connectivity index (χ1n) is 6.84. The molecule has 0 aromatic rings. The van der Waals surface area contributed by atoms with Gasteiger partial charge in [-0.3, -0.25) is 9.53 Å². The Morgan fingerprint density at radius 3 is 2.35 bits per heavy atom. The minimum absolute atomic E-state index is 0.312. The van der Waals surface area contributed by atoms with Gasteiger partial charge in [-0.25, -0.2) is 0 Å². The van der Waals surface area contributed by atoms with E-state index >= 15 is 0 Å². The fraction of sp³-hybridized carbons (Fsp3) is 0.923. The zero-order valence-electron chi connectivity index (χ0n) is 13.0. The topological polar surface area (TPSA) is 65.0 Å². The lowest BCUT2D eigenvalue weighted by Crippen LogP contribution is -2.72. The molecule has 5 nitrogen and oxygen atoms in total. The van der Waals surface area contributed by atoms with Gasteiger partial charge in [-0.2, -0.15) is 22.0 Å². The molecule has 0 aliphatic carbocycles. The van der Waals surface area contributed by atoms with Crippen molar-refractivity contribution in [1.29, 1.82) is 0 Å². The van der Waals surface area contributed by atoms with Crippen molar-refractivity contribution in [3.8, 4) is 0 Å². The molecular weight excluding hydrogens is 331 g/mol. The number of hydrogen-bond donors (Lipinski definition) is 1. The third-order valence-corrected chi connectivity index (χ3v) is 3.93. The lowest BCUT2D eigenvalue weighted by Gasteiger charge is -2.46. The molecule has 1 N–H and O–H groups in total. The van der Waals surface area contributed by atoms with Gasteiger partial charge in [0.1, 0.15) is 12.2 Å². The molecule has 10 heteroatoms. The van der Waals surface area contributed by atoms with E-state index < -0.39 is 48.3 Å². The molecule has 1 heterocycles. The van der Waals surface area contributed by atoms with Crippen LogP contribution in [0.15, 0.2) is 0 Å². The average molecular weight is 350 g/mol. The summed E-state index contributed by atoms with van der Waals surface area (Å²) in [5, 5.41) is 9.62. The maximum absolute atomic E-state index is 13.6. The lowest BCUT2D eigenvalue weighted by molar-refractivity contribution is -0.476. The smallest absolute Gasteiger partial charge is 0.428 e. The number of halogens is 5. The SMILES string of the molecule is CCC(C)(C)C(=O)OC(C)C1OCOC(F)(F)C1(O)C(F)(F)F. The van der Waals surface area contributed by atoms with E-state index in [2.05, 4.69) is 9.47 Å². The first-order valence-corrected chi connectivity index (χ1v) is 6.84. The summed E-state index contributed by atoms with van der Waals surface area (Å²) in [4.78, 5) is 11.9. The Hall–Kier alpha value is -1.00. The molecule has 0 radical (unpaired) electrons. The molecule has 23 heavy (non-hydrogen) atoms. The normalized spacial score (nSPS) is 29.9. The van der Waals surface area contributed by atoms with Gasteiger partial charge >= 0.3 is 18.3 Å². The highest BCUT2D eigenvalue weighted by Crippen LogP contribution is 2.49. The first-order chi connectivity index (χ1) is 10.2. The largest absolute Gasteiger partial charge is 0.459 e. The van der Waals surface area contributed by atoms with Crippen molar-refractivity contribution in [2.24, 2.45) is 5.41 Å². The van der Waals surface area contributed by atoms with Gasteiger partial charge in [0.15, 0.2) is 6.79 Å². The standard InChI is InChI=1S/C13H19F5O5/c1-5-10(3,4)9(19)23-7(2)8-11(20,12(14,15)16)13(17,18)22-6-21-8/h7-8,20H,5-6H2,1-4H3. The number of ether oxygens (including phenoxy) is 3. The second kappa shape index (κ2) is 6.14. The van der Waals surface area contributed by atoms with Crippen LogP contribution in [0.4, 0.5) is 22.0 Å². The van der Waals surface area contributed by atoms with E-state index in [0.29, 0.717) is 6.42 Å². The number of rotatable bonds is 4.